The van der Waals surface area contributed by atoms with Gasteiger partial charge in [-0.25, -0.2) is 4.68 Å². The number of carbonyl (C=O) groups is 2. The van der Waals surface area contributed by atoms with Gasteiger partial charge in [0.2, 0.25) is 0 Å². The first-order valence-electron chi connectivity index (χ1n) is 7.72. The average Bonchev–Trinajstić information content (AvgIpc) is 3.09. The van der Waals surface area contributed by atoms with Crippen LogP contribution in [0.5, 0.6) is 0 Å². The molecule has 1 aliphatic rings. The van der Waals surface area contributed by atoms with E-state index in [4.69, 9.17) is 0 Å². The number of rotatable bonds is 3. The molecule has 2 aromatic rings. The summed E-state index contributed by atoms with van der Waals surface area (Å²) in [5, 5.41) is 13.4. The van der Waals surface area contributed by atoms with Gasteiger partial charge in [-0.15, -0.1) is 0 Å². The fourth-order valence-electron chi connectivity index (χ4n) is 3.10. The van der Waals surface area contributed by atoms with Crippen LogP contribution >= 0.6 is 0 Å². The number of carboxylic acid groups (broad SMARTS) is 1. The largest absolute Gasteiger partial charge is 0.481 e. The minimum Gasteiger partial charge on any atom is -0.481 e. The van der Waals surface area contributed by atoms with Crippen molar-refractivity contribution in [1.82, 2.24) is 14.7 Å². The predicted octanol–water partition coefficient (Wildman–Crippen LogP) is 2.20. The number of piperidine rings is 1. The van der Waals surface area contributed by atoms with E-state index in [-0.39, 0.29) is 11.9 Å². The second-order valence-corrected chi connectivity index (χ2v) is 5.82. The second-order valence-electron chi connectivity index (χ2n) is 5.82. The van der Waals surface area contributed by atoms with Crippen molar-refractivity contribution in [2.75, 3.05) is 6.54 Å². The summed E-state index contributed by atoms with van der Waals surface area (Å²) in [5.41, 5.74) is 1.44. The van der Waals surface area contributed by atoms with Gasteiger partial charge in [-0.1, -0.05) is 0 Å². The molecule has 0 saturated carbocycles. The van der Waals surface area contributed by atoms with E-state index < -0.39 is 11.9 Å². The molecule has 0 radical (unpaired) electrons. The first-order chi connectivity index (χ1) is 11.1. The van der Waals surface area contributed by atoms with Gasteiger partial charge >= 0.3 is 5.97 Å². The van der Waals surface area contributed by atoms with Crippen LogP contribution < -0.4 is 0 Å². The Morgan fingerprint density at radius 2 is 2.00 bits per heavy atom. The smallest absolute Gasteiger partial charge is 0.308 e. The summed E-state index contributed by atoms with van der Waals surface area (Å²) in [5.74, 6) is -1.43. The molecule has 1 aliphatic heterocycles. The Kier molecular flexibility index (Phi) is 4.14. The van der Waals surface area contributed by atoms with Crippen molar-refractivity contribution in [1.29, 1.82) is 0 Å². The second kappa shape index (κ2) is 6.24. The minimum atomic E-state index is -0.830. The summed E-state index contributed by atoms with van der Waals surface area (Å²) in [7, 11) is 0. The van der Waals surface area contributed by atoms with Crippen molar-refractivity contribution in [3.8, 4) is 5.69 Å². The van der Waals surface area contributed by atoms with Crippen LogP contribution in [0.1, 0.15) is 30.1 Å². The Balaban J connectivity index is 1.78. The molecule has 2 atom stereocenters. The fourth-order valence-corrected chi connectivity index (χ4v) is 3.10. The standard InChI is InChI=1S/C17H19N3O3/c1-12-15(17(22)23)4-2-10-19(12)16(21)13-5-7-14(8-6-13)20-11-3-9-18-20/h3,5-9,11-12,15H,2,4,10H2,1H3,(H,22,23)/t12-,15-/m1/s1. The highest BCUT2D eigenvalue weighted by molar-refractivity contribution is 5.95. The number of carboxylic acids is 1. The van der Waals surface area contributed by atoms with Crippen LogP contribution in [0, 0.1) is 5.92 Å². The van der Waals surface area contributed by atoms with Crippen molar-refractivity contribution in [2.45, 2.75) is 25.8 Å². The molecule has 6 heteroatoms. The van der Waals surface area contributed by atoms with Crippen LogP contribution in [0.2, 0.25) is 0 Å². The molecule has 6 nitrogen and oxygen atoms in total. The van der Waals surface area contributed by atoms with Crippen molar-refractivity contribution >= 4 is 11.9 Å². The lowest BCUT2D eigenvalue weighted by molar-refractivity contribution is -0.144. The molecule has 3 rings (SSSR count). The van der Waals surface area contributed by atoms with Crippen LogP contribution in [0.3, 0.4) is 0 Å². The SMILES string of the molecule is C[C@@H]1[C@H](C(=O)O)CCCN1C(=O)c1ccc(-n2cccn2)cc1. The van der Waals surface area contributed by atoms with E-state index in [2.05, 4.69) is 5.10 Å². The summed E-state index contributed by atoms with van der Waals surface area (Å²) in [6.45, 7) is 2.42. The van der Waals surface area contributed by atoms with Crippen molar-refractivity contribution in [3.63, 3.8) is 0 Å². The number of hydrogen-bond acceptors (Lipinski definition) is 3. The first-order valence-corrected chi connectivity index (χ1v) is 7.72. The monoisotopic (exact) mass is 313 g/mol. The van der Waals surface area contributed by atoms with Crippen LogP contribution in [-0.4, -0.2) is 44.3 Å². The first kappa shape index (κ1) is 15.3. The van der Waals surface area contributed by atoms with E-state index in [0.717, 1.165) is 12.1 Å². The predicted molar refractivity (Wildman–Crippen MR) is 84.4 cm³/mol. The number of hydrogen-bond donors (Lipinski definition) is 1. The zero-order valence-corrected chi connectivity index (χ0v) is 12.9. The molecule has 2 heterocycles. The number of likely N-dealkylation sites (tertiary alicyclic amines) is 1. The Labute approximate surface area is 134 Å². The van der Waals surface area contributed by atoms with Gasteiger partial charge in [-0.05, 0) is 50.1 Å². The normalized spacial score (nSPS) is 21.2. The summed E-state index contributed by atoms with van der Waals surface area (Å²) in [6, 6.07) is 8.74. The summed E-state index contributed by atoms with van der Waals surface area (Å²) < 4.78 is 1.72. The van der Waals surface area contributed by atoms with E-state index in [1.54, 1.807) is 27.9 Å². The maximum absolute atomic E-state index is 12.7. The van der Waals surface area contributed by atoms with Crippen LogP contribution in [0.4, 0.5) is 0 Å². The van der Waals surface area contributed by atoms with Gasteiger partial charge in [-0.3, -0.25) is 9.59 Å². The topological polar surface area (TPSA) is 75.4 Å². The van der Waals surface area contributed by atoms with E-state index >= 15 is 0 Å². The third-order valence-corrected chi connectivity index (χ3v) is 4.45. The summed E-state index contributed by atoms with van der Waals surface area (Å²) in [4.78, 5) is 25.7. The van der Waals surface area contributed by atoms with Crippen LogP contribution in [0.25, 0.3) is 5.69 Å². The summed E-state index contributed by atoms with van der Waals surface area (Å²) in [6.07, 6.45) is 4.87. The molecule has 0 unspecified atom stereocenters. The van der Waals surface area contributed by atoms with Gasteiger partial charge in [0.1, 0.15) is 0 Å². The molecule has 0 spiro atoms. The molecule has 1 amide bonds. The number of benzene rings is 1. The van der Waals surface area contributed by atoms with Crippen LogP contribution in [0.15, 0.2) is 42.7 Å². The van der Waals surface area contributed by atoms with Gasteiger partial charge in [0.05, 0.1) is 11.6 Å². The maximum atomic E-state index is 12.7. The molecule has 23 heavy (non-hydrogen) atoms. The molecule has 1 N–H and O–H groups in total. The van der Waals surface area contributed by atoms with E-state index in [9.17, 15) is 14.7 Å². The third kappa shape index (κ3) is 2.97. The Bertz CT molecular complexity index is 694. The lowest BCUT2D eigenvalue weighted by Gasteiger charge is -2.37. The molecular weight excluding hydrogens is 294 g/mol. The van der Waals surface area contributed by atoms with Gasteiger partial charge in [-0.2, -0.15) is 5.10 Å². The number of aliphatic carboxylic acids is 1. The maximum Gasteiger partial charge on any atom is 0.308 e. The molecule has 1 fully saturated rings. The van der Waals surface area contributed by atoms with Gasteiger partial charge in [0.25, 0.3) is 5.91 Å². The van der Waals surface area contributed by atoms with Crippen LogP contribution in [-0.2, 0) is 4.79 Å². The molecule has 0 bridgehead atoms. The van der Waals surface area contributed by atoms with Gasteiger partial charge in [0.15, 0.2) is 0 Å². The minimum absolute atomic E-state index is 0.115. The molecule has 120 valence electrons. The van der Waals surface area contributed by atoms with Crippen molar-refractivity contribution < 1.29 is 14.7 Å². The van der Waals surface area contributed by atoms with Gasteiger partial charge < -0.3 is 10.0 Å². The molecular formula is C17H19N3O3. The Morgan fingerprint density at radius 3 is 2.61 bits per heavy atom. The van der Waals surface area contributed by atoms with Crippen molar-refractivity contribution in [2.24, 2.45) is 5.92 Å². The number of nitrogens with zero attached hydrogens (tertiary/aromatic N) is 3. The van der Waals surface area contributed by atoms with E-state index in [1.165, 1.54) is 0 Å². The van der Waals surface area contributed by atoms with E-state index in [0.29, 0.717) is 18.5 Å². The zero-order chi connectivity index (χ0) is 16.4. The Morgan fingerprint density at radius 1 is 1.26 bits per heavy atom. The highest BCUT2D eigenvalue weighted by Crippen LogP contribution is 2.25. The van der Waals surface area contributed by atoms with E-state index in [1.807, 2.05) is 31.3 Å². The highest BCUT2D eigenvalue weighted by atomic mass is 16.4. The molecule has 0 aliphatic carbocycles. The quantitative estimate of drug-likeness (QED) is 0.942. The average molecular weight is 313 g/mol. The fraction of sp³-hybridized carbons (Fsp3) is 0.353. The molecule has 1 aromatic carbocycles. The number of amides is 1. The summed E-state index contributed by atoms with van der Waals surface area (Å²) >= 11 is 0. The third-order valence-electron chi connectivity index (χ3n) is 4.45. The highest BCUT2D eigenvalue weighted by Gasteiger charge is 2.35. The lowest BCUT2D eigenvalue weighted by Crippen LogP contribution is -2.49. The zero-order valence-electron chi connectivity index (χ0n) is 12.9. The number of aromatic nitrogens is 2. The molecule has 1 saturated heterocycles. The Hall–Kier alpha value is -2.63. The molecule has 1 aromatic heterocycles. The lowest BCUT2D eigenvalue weighted by atomic mass is 9.90. The van der Waals surface area contributed by atoms with Gasteiger partial charge in [0, 0.05) is 30.5 Å². The van der Waals surface area contributed by atoms with Crippen molar-refractivity contribution in [3.05, 3.63) is 48.3 Å². The number of carbonyl (C=O) groups excluding carboxylic acids is 1.